The quantitative estimate of drug-likeness (QED) is 0.766. The van der Waals surface area contributed by atoms with E-state index in [2.05, 4.69) is 43.9 Å². The van der Waals surface area contributed by atoms with Gasteiger partial charge in [-0.3, -0.25) is 0 Å². The van der Waals surface area contributed by atoms with Crippen molar-refractivity contribution in [1.29, 1.82) is 0 Å². The minimum Gasteiger partial charge on any atom is -0.371 e. The molecule has 1 rings (SSSR count). The third-order valence-corrected chi connectivity index (χ3v) is 4.31. The Balaban J connectivity index is 2.85. The smallest absolute Gasteiger partial charge is 0.0459 e. The maximum Gasteiger partial charge on any atom is 0.0459 e. The number of nitrogens with zero attached hydrogens (tertiary/aromatic N) is 1. The van der Waals surface area contributed by atoms with Crippen LogP contribution in [-0.4, -0.2) is 19.1 Å². The lowest BCUT2D eigenvalue weighted by Gasteiger charge is -2.28. The largest absolute Gasteiger partial charge is 0.371 e. The molecule has 0 spiro atoms. The monoisotopic (exact) mass is 296 g/mol. The molecule has 2 nitrogen and oxygen atoms in total. The number of hydrogen-bond donors (Lipinski definition) is 1. The van der Waals surface area contributed by atoms with Crippen molar-refractivity contribution in [3.05, 3.63) is 28.8 Å². The molecule has 2 N–H and O–H groups in total. The lowest BCUT2D eigenvalue weighted by Crippen LogP contribution is -2.29. The molecule has 0 saturated carbocycles. The molecule has 1 unspecified atom stereocenters. The summed E-state index contributed by atoms with van der Waals surface area (Å²) < 4.78 is 0. The van der Waals surface area contributed by atoms with Crippen LogP contribution in [0.1, 0.15) is 46.1 Å². The second-order valence-corrected chi connectivity index (χ2v) is 6.09. The highest BCUT2D eigenvalue weighted by Crippen LogP contribution is 2.26. The van der Waals surface area contributed by atoms with E-state index in [1.165, 1.54) is 18.5 Å². The molecule has 0 heterocycles. The van der Waals surface area contributed by atoms with E-state index < -0.39 is 0 Å². The van der Waals surface area contributed by atoms with Crippen molar-refractivity contribution in [3.8, 4) is 0 Å². The van der Waals surface area contributed by atoms with Gasteiger partial charge < -0.3 is 10.6 Å². The van der Waals surface area contributed by atoms with E-state index in [4.69, 9.17) is 17.3 Å². The number of halogens is 1. The Hall–Kier alpha value is -0.730. The highest BCUT2D eigenvalue weighted by molar-refractivity contribution is 6.31. The first kappa shape index (κ1) is 17.3. The highest BCUT2D eigenvalue weighted by atomic mass is 35.5. The van der Waals surface area contributed by atoms with Crippen LogP contribution < -0.4 is 10.6 Å². The van der Waals surface area contributed by atoms with E-state index in [0.29, 0.717) is 0 Å². The Kier molecular flexibility index (Phi) is 7.39. The van der Waals surface area contributed by atoms with Gasteiger partial charge in [0.2, 0.25) is 0 Å². The van der Waals surface area contributed by atoms with Crippen LogP contribution in [0, 0.1) is 5.92 Å². The van der Waals surface area contributed by atoms with Crippen molar-refractivity contribution in [2.24, 2.45) is 11.7 Å². The lowest BCUT2D eigenvalue weighted by atomic mass is 10.0. The third kappa shape index (κ3) is 4.99. The normalized spacial score (nSPS) is 12.8. The average molecular weight is 297 g/mol. The van der Waals surface area contributed by atoms with Crippen molar-refractivity contribution < 1.29 is 0 Å². The summed E-state index contributed by atoms with van der Waals surface area (Å²) in [5.74, 6) is 0.748. The van der Waals surface area contributed by atoms with Crippen molar-refractivity contribution >= 4 is 17.3 Å². The van der Waals surface area contributed by atoms with Crippen LogP contribution in [0.4, 0.5) is 5.69 Å². The summed E-state index contributed by atoms with van der Waals surface area (Å²) in [6, 6.07) is 6.53. The molecule has 0 saturated heterocycles. The van der Waals surface area contributed by atoms with Gasteiger partial charge in [-0.15, -0.1) is 0 Å². The van der Waals surface area contributed by atoms with Crippen LogP contribution in [0.3, 0.4) is 0 Å². The molecule has 0 radical (unpaired) electrons. The van der Waals surface area contributed by atoms with Gasteiger partial charge in [0.05, 0.1) is 0 Å². The van der Waals surface area contributed by atoms with Gasteiger partial charge in [0.15, 0.2) is 0 Å². The van der Waals surface area contributed by atoms with Crippen LogP contribution in [0.25, 0.3) is 0 Å². The van der Waals surface area contributed by atoms with Gasteiger partial charge in [0.25, 0.3) is 0 Å². The molecular weight excluding hydrogens is 268 g/mol. The van der Waals surface area contributed by atoms with Gasteiger partial charge >= 0.3 is 0 Å². The molecule has 114 valence electrons. The first-order valence-corrected chi connectivity index (χ1v) is 8.18. The first-order chi connectivity index (χ1) is 9.51. The standard InChI is InChI=1S/C17H29ClN2/c1-5-14(6-2)12-20(7-3)16-9-8-15(10-13(4)19)17(18)11-16/h8-9,11,13-14H,5-7,10,12,19H2,1-4H3. The van der Waals surface area contributed by atoms with Crippen LogP contribution in [0.15, 0.2) is 18.2 Å². The highest BCUT2D eigenvalue weighted by Gasteiger charge is 2.12. The molecular formula is C17H29ClN2. The van der Waals surface area contributed by atoms with Gasteiger partial charge in [-0.1, -0.05) is 44.4 Å². The summed E-state index contributed by atoms with van der Waals surface area (Å²) in [6.07, 6.45) is 3.28. The predicted molar refractivity (Wildman–Crippen MR) is 90.8 cm³/mol. The molecule has 0 aliphatic carbocycles. The molecule has 0 aliphatic rings. The fraction of sp³-hybridized carbons (Fsp3) is 0.647. The minimum atomic E-state index is 0.144. The molecule has 1 atom stereocenters. The van der Waals surface area contributed by atoms with Crippen LogP contribution in [0.5, 0.6) is 0 Å². The Morgan fingerprint density at radius 2 is 1.85 bits per heavy atom. The molecule has 1 aromatic carbocycles. The summed E-state index contributed by atoms with van der Waals surface area (Å²) in [5.41, 5.74) is 8.21. The first-order valence-electron chi connectivity index (χ1n) is 7.80. The zero-order chi connectivity index (χ0) is 15.1. The maximum atomic E-state index is 6.40. The van der Waals surface area contributed by atoms with Gasteiger partial charge in [-0.25, -0.2) is 0 Å². The van der Waals surface area contributed by atoms with Crippen molar-refractivity contribution in [2.75, 3.05) is 18.0 Å². The number of anilines is 1. The van der Waals surface area contributed by atoms with E-state index in [9.17, 15) is 0 Å². The summed E-state index contributed by atoms with van der Waals surface area (Å²) in [6.45, 7) is 10.9. The average Bonchev–Trinajstić information content (AvgIpc) is 2.42. The number of benzene rings is 1. The van der Waals surface area contributed by atoms with E-state index >= 15 is 0 Å². The van der Waals surface area contributed by atoms with E-state index in [-0.39, 0.29) is 6.04 Å². The van der Waals surface area contributed by atoms with Crippen molar-refractivity contribution in [1.82, 2.24) is 0 Å². The summed E-state index contributed by atoms with van der Waals surface area (Å²) in [7, 11) is 0. The Bertz CT molecular complexity index is 400. The molecule has 0 fully saturated rings. The van der Waals surface area contributed by atoms with Gasteiger partial charge in [0, 0.05) is 29.8 Å². The number of rotatable bonds is 8. The molecule has 0 amide bonds. The Morgan fingerprint density at radius 1 is 1.20 bits per heavy atom. The summed E-state index contributed by atoms with van der Waals surface area (Å²) in [4.78, 5) is 2.42. The minimum absolute atomic E-state index is 0.144. The summed E-state index contributed by atoms with van der Waals surface area (Å²) >= 11 is 6.40. The third-order valence-electron chi connectivity index (χ3n) is 3.96. The molecule has 20 heavy (non-hydrogen) atoms. The zero-order valence-electron chi connectivity index (χ0n) is 13.3. The van der Waals surface area contributed by atoms with Gasteiger partial charge in [0.1, 0.15) is 0 Å². The molecule has 0 aliphatic heterocycles. The topological polar surface area (TPSA) is 29.3 Å². The fourth-order valence-corrected chi connectivity index (χ4v) is 2.77. The van der Waals surface area contributed by atoms with Crippen LogP contribution >= 0.6 is 11.6 Å². The zero-order valence-corrected chi connectivity index (χ0v) is 14.1. The van der Waals surface area contributed by atoms with Crippen LogP contribution in [0.2, 0.25) is 5.02 Å². The molecule has 3 heteroatoms. The predicted octanol–water partition coefficient (Wildman–Crippen LogP) is 4.49. The van der Waals surface area contributed by atoms with E-state index in [1.807, 2.05) is 6.92 Å². The van der Waals surface area contributed by atoms with E-state index in [0.717, 1.165) is 36.0 Å². The fourth-order valence-electron chi connectivity index (χ4n) is 2.52. The lowest BCUT2D eigenvalue weighted by molar-refractivity contribution is 0.486. The second kappa shape index (κ2) is 8.53. The Labute approximate surface area is 129 Å². The van der Waals surface area contributed by atoms with E-state index in [1.54, 1.807) is 0 Å². The molecule has 1 aromatic rings. The van der Waals surface area contributed by atoms with Gasteiger partial charge in [-0.05, 0) is 43.9 Å². The Morgan fingerprint density at radius 3 is 2.30 bits per heavy atom. The molecule has 0 aromatic heterocycles. The van der Waals surface area contributed by atoms with Crippen LogP contribution in [-0.2, 0) is 6.42 Å². The van der Waals surface area contributed by atoms with Crippen molar-refractivity contribution in [3.63, 3.8) is 0 Å². The van der Waals surface area contributed by atoms with Gasteiger partial charge in [-0.2, -0.15) is 0 Å². The SMILES string of the molecule is CCC(CC)CN(CC)c1ccc(CC(C)N)c(Cl)c1. The summed E-state index contributed by atoms with van der Waals surface area (Å²) in [5, 5.41) is 0.836. The second-order valence-electron chi connectivity index (χ2n) is 5.68. The number of nitrogens with two attached hydrogens (primary N) is 1. The molecule has 0 bridgehead atoms. The van der Waals surface area contributed by atoms with Crippen molar-refractivity contribution in [2.45, 2.75) is 53.0 Å². The number of hydrogen-bond acceptors (Lipinski definition) is 2. The maximum absolute atomic E-state index is 6.40.